The highest BCUT2D eigenvalue weighted by molar-refractivity contribution is 5.78. The maximum atomic E-state index is 13.0. The molecule has 2 saturated heterocycles. The van der Waals surface area contributed by atoms with Crippen molar-refractivity contribution in [2.75, 3.05) is 26.3 Å². The summed E-state index contributed by atoms with van der Waals surface area (Å²) in [7, 11) is 0. The minimum Gasteiger partial charge on any atom is -0.375 e. The Morgan fingerprint density at radius 1 is 1.24 bits per heavy atom. The maximum absolute atomic E-state index is 13.0. The Bertz CT molecular complexity index is 606. The van der Waals surface area contributed by atoms with Crippen molar-refractivity contribution >= 4 is 5.91 Å². The molecular formula is C20H26FNO3. The maximum Gasteiger partial charge on any atom is 0.226 e. The fourth-order valence-electron chi connectivity index (χ4n) is 3.87. The number of benzene rings is 1. The molecule has 2 aliphatic heterocycles. The van der Waals surface area contributed by atoms with Gasteiger partial charge in [-0.05, 0) is 49.3 Å². The van der Waals surface area contributed by atoms with E-state index in [4.69, 9.17) is 9.47 Å². The van der Waals surface area contributed by atoms with Gasteiger partial charge in [0, 0.05) is 26.1 Å². The van der Waals surface area contributed by atoms with E-state index in [-0.39, 0.29) is 23.4 Å². The molecule has 5 heteroatoms. The summed E-state index contributed by atoms with van der Waals surface area (Å²) in [4.78, 5) is 14.4. The van der Waals surface area contributed by atoms with Crippen LogP contribution in [-0.4, -0.2) is 48.8 Å². The fourth-order valence-corrected chi connectivity index (χ4v) is 3.87. The van der Waals surface area contributed by atoms with Crippen LogP contribution in [-0.2, 0) is 20.7 Å². The zero-order valence-electron chi connectivity index (χ0n) is 14.6. The highest BCUT2D eigenvalue weighted by atomic mass is 19.1. The van der Waals surface area contributed by atoms with Crippen molar-refractivity contribution in [2.45, 2.75) is 50.2 Å². The van der Waals surface area contributed by atoms with Crippen LogP contribution in [0.2, 0.25) is 0 Å². The standard InChI is InChI=1S/C20H26FNO3/c21-17-5-3-15(4-6-17)11-19(23)22-9-7-20(8-10-22)12-18(14-25-20)24-13-16-1-2-16/h3-6,16,18H,1-2,7-14H2/t18-/m1/s1. The number of carbonyl (C=O) groups is 1. The van der Waals surface area contributed by atoms with Crippen molar-refractivity contribution in [2.24, 2.45) is 5.92 Å². The molecule has 1 saturated carbocycles. The zero-order valence-corrected chi connectivity index (χ0v) is 14.6. The monoisotopic (exact) mass is 347 g/mol. The Balaban J connectivity index is 1.25. The summed E-state index contributed by atoms with van der Waals surface area (Å²) in [5.41, 5.74) is 0.762. The van der Waals surface area contributed by atoms with E-state index in [1.54, 1.807) is 12.1 Å². The van der Waals surface area contributed by atoms with Crippen LogP contribution >= 0.6 is 0 Å². The molecule has 25 heavy (non-hydrogen) atoms. The van der Waals surface area contributed by atoms with Crippen molar-refractivity contribution < 1.29 is 18.7 Å². The number of nitrogens with zero attached hydrogens (tertiary/aromatic N) is 1. The molecule has 3 aliphatic rings. The van der Waals surface area contributed by atoms with Gasteiger partial charge in [0.1, 0.15) is 5.82 Å². The van der Waals surface area contributed by atoms with Crippen molar-refractivity contribution in [3.8, 4) is 0 Å². The molecule has 1 aliphatic carbocycles. The SMILES string of the molecule is O=C(Cc1ccc(F)cc1)N1CCC2(CC1)C[C@@H](OCC1CC1)CO2. The summed E-state index contributed by atoms with van der Waals surface area (Å²) in [5, 5.41) is 0. The second-order valence-corrected chi connectivity index (χ2v) is 7.78. The zero-order chi connectivity index (χ0) is 17.3. The summed E-state index contributed by atoms with van der Waals surface area (Å²) in [6.45, 7) is 3.04. The summed E-state index contributed by atoms with van der Waals surface area (Å²) in [6, 6.07) is 6.17. The van der Waals surface area contributed by atoms with E-state index >= 15 is 0 Å². The molecule has 0 bridgehead atoms. The van der Waals surface area contributed by atoms with Gasteiger partial charge in [-0.25, -0.2) is 4.39 Å². The van der Waals surface area contributed by atoms with Crippen molar-refractivity contribution in [3.05, 3.63) is 35.6 Å². The van der Waals surface area contributed by atoms with Crippen LogP contribution < -0.4 is 0 Å². The molecule has 1 amide bonds. The molecule has 0 unspecified atom stereocenters. The first-order valence-electron chi connectivity index (χ1n) is 9.40. The number of ether oxygens (including phenoxy) is 2. The molecule has 0 radical (unpaired) electrons. The summed E-state index contributed by atoms with van der Waals surface area (Å²) in [5.74, 6) is 0.622. The lowest BCUT2D eigenvalue weighted by molar-refractivity contribution is -0.135. The number of hydrogen-bond acceptors (Lipinski definition) is 3. The van der Waals surface area contributed by atoms with Crippen LogP contribution in [0.15, 0.2) is 24.3 Å². The molecule has 136 valence electrons. The minimum atomic E-state index is -0.270. The first kappa shape index (κ1) is 17.0. The van der Waals surface area contributed by atoms with Crippen LogP contribution in [0.5, 0.6) is 0 Å². The van der Waals surface area contributed by atoms with Gasteiger partial charge in [0.2, 0.25) is 5.91 Å². The van der Waals surface area contributed by atoms with E-state index in [1.807, 2.05) is 4.90 Å². The molecule has 0 aromatic heterocycles. The number of hydrogen-bond donors (Lipinski definition) is 0. The normalized spacial score (nSPS) is 25.5. The van der Waals surface area contributed by atoms with Crippen molar-refractivity contribution in [3.63, 3.8) is 0 Å². The molecular weight excluding hydrogens is 321 g/mol. The fraction of sp³-hybridized carbons (Fsp3) is 0.650. The molecule has 4 nitrogen and oxygen atoms in total. The van der Waals surface area contributed by atoms with Gasteiger partial charge in [-0.3, -0.25) is 4.79 Å². The Morgan fingerprint density at radius 3 is 2.64 bits per heavy atom. The first-order chi connectivity index (χ1) is 12.1. The number of amides is 1. The smallest absolute Gasteiger partial charge is 0.226 e. The van der Waals surface area contributed by atoms with E-state index in [2.05, 4.69) is 0 Å². The molecule has 1 aromatic rings. The predicted octanol–water partition coefficient (Wildman–Crippen LogP) is 2.94. The van der Waals surface area contributed by atoms with Gasteiger partial charge in [-0.15, -0.1) is 0 Å². The highest BCUT2D eigenvalue weighted by Gasteiger charge is 2.44. The molecule has 3 fully saturated rings. The van der Waals surface area contributed by atoms with Crippen molar-refractivity contribution in [1.29, 1.82) is 0 Å². The van der Waals surface area contributed by atoms with Gasteiger partial charge >= 0.3 is 0 Å². The summed E-state index contributed by atoms with van der Waals surface area (Å²) in [6.07, 6.45) is 5.90. The molecule has 0 N–H and O–H groups in total. The van der Waals surface area contributed by atoms with Gasteiger partial charge in [-0.1, -0.05) is 12.1 Å². The minimum absolute atomic E-state index is 0.0964. The molecule has 1 atom stereocenters. The van der Waals surface area contributed by atoms with Crippen LogP contribution in [0.1, 0.15) is 37.7 Å². The van der Waals surface area contributed by atoms with Gasteiger partial charge in [0.25, 0.3) is 0 Å². The molecule has 4 rings (SSSR count). The third kappa shape index (κ3) is 4.21. The molecule has 2 heterocycles. The Hall–Kier alpha value is -1.46. The largest absolute Gasteiger partial charge is 0.375 e. The van der Waals surface area contributed by atoms with Gasteiger partial charge in [0.15, 0.2) is 0 Å². The first-order valence-corrected chi connectivity index (χ1v) is 9.40. The van der Waals surface area contributed by atoms with Crippen LogP contribution in [0, 0.1) is 11.7 Å². The number of rotatable bonds is 5. The van der Waals surface area contributed by atoms with E-state index in [0.717, 1.165) is 50.4 Å². The van der Waals surface area contributed by atoms with Crippen LogP contribution in [0.3, 0.4) is 0 Å². The number of carbonyl (C=O) groups excluding carboxylic acids is 1. The van der Waals surface area contributed by atoms with E-state index in [0.29, 0.717) is 13.0 Å². The average Bonchev–Trinajstić information content (AvgIpc) is 3.37. The average molecular weight is 347 g/mol. The predicted molar refractivity (Wildman–Crippen MR) is 91.7 cm³/mol. The van der Waals surface area contributed by atoms with Gasteiger partial charge in [0.05, 0.1) is 24.7 Å². The van der Waals surface area contributed by atoms with Gasteiger partial charge in [-0.2, -0.15) is 0 Å². The van der Waals surface area contributed by atoms with E-state index in [9.17, 15) is 9.18 Å². The molecule has 1 spiro atoms. The van der Waals surface area contributed by atoms with Gasteiger partial charge < -0.3 is 14.4 Å². The Kier molecular flexibility index (Phi) is 4.78. The molecule has 1 aromatic carbocycles. The summed E-state index contributed by atoms with van der Waals surface area (Å²) >= 11 is 0. The third-order valence-corrected chi connectivity index (χ3v) is 5.74. The Morgan fingerprint density at radius 2 is 1.96 bits per heavy atom. The number of likely N-dealkylation sites (tertiary alicyclic amines) is 1. The lowest BCUT2D eigenvalue weighted by Crippen LogP contribution is -2.47. The van der Waals surface area contributed by atoms with E-state index in [1.165, 1.54) is 25.0 Å². The quantitative estimate of drug-likeness (QED) is 0.822. The lowest BCUT2D eigenvalue weighted by atomic mass is 9.87. The third-order valence-electron chi connectivity index (χ3n) is 5.74. The second-order valence-electron chi connectivity index (χ2n) is 7.78. The number of halogens is 1. The van der Waals surface area contributed by atoms with E-state index < -0.39 is 0 Å². The van der Waals surface area contributed by atoms with Crippen LogP contribution in [0.25, 0.3) is 0 Å². The van der Waals surface area contributed by atoms with Crippen LogP contribution in [0.4, 0.5) is 4.39 Å². The highest BCUT2D eigenvalue weighted by Crippen LogP contribution is 2.38. The Labute approximate surface area is 148 Å². The topological polar surface area (TPSA) is 38.8 Å². The van der Waals surface area contributed by atoms with Crippen molar-refractivity contribution in [1.82, 2.24) is 4.90 Å². The second kappa shape index (κ2) is 7.04. The summed E-state index contributed by atoms with van der Waals surface area (Å²) < 4.78 is 25.0. The lowest BCUT2D eigenvalue weighted by Gasteiger charge is -2.38. The number of piperidine rings is 1.